The first-order chi connectivity index (χ1) is 4.83. The maximum Gasteiger partial charge on any atom is 0.147 e. The third kappa shape index (κ3) is 0.715. The lowest BCUT2D eigenvalue weighted by atomic mass is 10.00. The van der Waals surface area contributed by atoms with Crippen molar-refractivity contribution in [3.8, 4) is 0 Å². The lowest BCUT2D eigenvalue weighted by molar-refractivity contribution is -0.105. The van der Waals surface area contributed by atoms with E-state index in [0.717, 1.165) is 11.9 Å². The second-order valence-electron chi connectivity index (χ2n) is 3.13. The number of allylic oxidation sites excluding steroid dienone is 2. The van der Waals surface area contributed by atoms with Gasteiger partial charge >= 0.3 is 0 Å². The van der Waals surface area contributed by atoms with Crippen LogP contribution in [0.2, 0.25) is 0 Å². The molecule has 1 fully saturated rings. The van der Waals surface area contributed by atoms with Crippen LogP contribution in [0, 0.1) is 11.8 Å². The van der Waals surface area contributed by atoms with E-state index in [1.54, 1.807) is 0 Å². The van der Waals surface area contributed by atoms with Gasteiger partial charge < -0.3 is 0 Å². The van der Waals surface area contributed by atoms with Gasteiger partial charge in [0.15, 0.2) is 0 Å². The number of carbonyl (C=O) groups excluding carboxylic acids is 1. The topological polar surface area (TPSA) is 17.1 Å². The molecule has 2 atom stereocenters. The average molecular weight is 201 g/mol. The van der Waals surface area contributed by atoms with Gasteiger partial charge in [-0.1, -0.05) is 15.9 Å². The van der Waals surface area contributed by atoms with Crippen LogP contribution in [0.4, 0.5) is 0 Å². The lowest BCUT2D eigenvalue weighted by Crippen LogP contribution is -1.99. The summed E-state index contributed by atoms with van der Waals surface area (Å²) >= 11 is 3.47. The van der Waals surface area contributed by atoms with Crippen molar-refractivity contribution in [2.75, 3.05) is 0 Å². The molecule has 2 unspecified atom stereocenters. The number of hydrogen-bond donors (Lipinski definition) is 0. The molecule has 0 radical (unpaired) electrons. The predicted molar refractivity (Wildman–Crippen MR) is 42.8 cm³/mol. The summed E-state index contributed by atoms with van der Waals surface area (Å²) in [6.45, 7) is 0. The third-order valence-electron chi connectivity index (χ3n) is 2.63. The van der Waals surface area contributed by atoms with E-state index in [0.29, 0.717) is 11.8 Å². The zero-order valence-electron chi connectivity index (χ0n) is 5.64. The largest absolute Gasteiger partial charge is 0.298 e. The average Bonchev–Trinajstić information content (AvgIpc) is 2.46. The number of fused-ring (bicyclic) bond motifs is 2. The van der Waals surface area contributed by atoms with Gasteiger partial charge in [0.05, 0.1) is 0 Å². The third-order valence-corrected chi connectivity index (χ3v) is 3.74. The highest BCUT2D eigenvalue weighted by Crippen LogP contribution is 2.49. The molecule has 0 aromatic rings. The molecule has 2 bridgehead atoms. The Bertz CT molecular complexity index is 207. The van der Waals surface area contributed by atoms with E-state index in [1.165, 1.54) is 23.7 Å². The summed E-state index contributed by atoms with van der Waals surface area (Å²) in [5.41, 5.74) is 1.04. The molecule has 2 aliphatic rings. The second kappa shape index (κ2) is 2.19. The van der Waals surface area contributed by atoms with Gasteiger partial charge in [0, 0.05) is 10.1 Å². The Morgan fingerprint density at radius 1 is 1.40 bits per heavy atom. The van der Waals surface area contributed by atoms with E-state index in [-0.39, 0.29) is 0 Å². The van der Waals surface area contributed by atoms with Gasteiger partial charge in [0.2, 0.25) is 0 Å². The molecule has 54 valence electrons. The minimum atomic E-state index is 0.594. The van der Waals surface area contributed by atoms with Crippen LogP contribution in [-0.4, -0.2) is 6.29 Å². The lowest BCUT2D eigenvalue weighted by Gasteiger charge is -2.09. The highest BCUT2D eigenvalue weighted by atomic mass is 79.9. The van der Waals surface area contributed by atoms with Gasteiger partial charge in [-0.2, -0.15) is 0 Å². The molecule has 0 saturated heterocycles. The quantitative estimate of drug-likeness (QED) is 0.594. The normalized spacial score (nSPS) is 37.3. The van der Waals surface area contributed by atoms with Crippen LogP contribution in [0.15, 0.2) is 10.1 Å². The SMILES string of the molecule is O=CC1=C(Br)C2CCC1C2. The molecule has 0 heterocycles. The molecule has 0 N–H and O–H groups in total. The van der Waals surface area contributed by atoms with Crippen LogP contribution < -0.4 is 0 Å². The van der Waals surface area contributed by atoms with E-state index in [2.05, 4.69) is 15.9 Å². The molecule has 0 aromatic carbocycles. The van der Waals surface area contributed by atoms with Gasteiger partial charge in [-0.05, 0) is 31.1 Å². The van der Waals surface area contributed by atoms with Crippen molar-refractivity contribution < 1.29 is 4.79 Å². The molecule has 2 aliphatic carbocycles. The first-order valence-corrected chi connectivity index (χ1v) is 4.47. The molecule has 2 rings (SSSR count). The van der Waals surface area contributed by atoms with Crippen LogP contribution in [0.25, 0.3) is 0 Å². The van der Waals surface area contributed by atoms with E-state index in [4.69, 9.17) is 0 Å². The van der Waals surface area contributed by atoms with Gasteiger partial charge in [-0.15, -0.1) is 0 Å². The van der Waals surface area contributed by atoms with Crippen LogP contribution in [-0.2, 0) is 4.79 Å². The number of rotatable bonds is 1. The van der Waals surface area contributed by atoms with Crippen molar-refractivity contribution >= 4 is 22.2 Å². The molecular formula is C8H9BrO. The van der Waals surface area contributed by atoms with E-state index >= 15 is 0 Å². The fourth-order valence-electron chi connectivity index (χ4n) is 2.08. The van der Waals surface area contributed by atoms with Gasteiger partial charge in [-0.25, -0.2) is 0 Å². The molecule has 1 saturated carbocycles. The summed E-state index contributed by atoms with van der Waals surface area (Å²) in [5, 5.41) is 0. The molecule has 0 spiro atoms. The van der Waals surface area contributed by atoms with Crippen molar-refractivity contribution in [2.45, 2.75) is 19.3 Å². The summed E-state index contributed by atoms with van der Waals surface area (Å²) in [4.78, 5) is 10.5. The van der Waals surface area contributed by atoms with Crippen LogP contribution in [0.3, 0.4) is 0 Å². The second-order valence-corrected chi connectivity index (χ2v) is 3.98. The molecule has 10 heavy (non-hydrogen) atoms. The smallest absolute Gasteiger partial charge is 0.147 e. The molecular weight excluding hydrogens is 192 g/mol. The Morgan fingerprint density at radius 2 is 2.10 bits per heavy atom. The number of aldehydes is 1. The summed E-state index contributed by atoms with van der Waals surface area (Å²) in [6, 6.07) is 0. The molecule has 2 heteroatoms. The van der Waals surface area contributed by atoms with Crippen molar-refractivity contribution in [3.63, 3.8) is 0 Å². The summed E-state index contributed by atoms with van der Waals surface area (Å²) in [7, 11) is 0. The first kappa shape index (κ1) is 6.59. The maximum absolute atomic E-state index is 10.5. The highest BCUT2D eigenvalue weighted by Gasteiger charge is 2.37. The molecule has 0 amide bonds. The van der Waals surface area contributed by atoms with E-state index in [1.807, 2.05) is 0 Å². The van der Waals surface area contributed by atoms with Gasteiger partial charge in [0.25, 0.3) is 0 Å². The van der Waals surface area contributed by atoms with E-state index < -0.39 is 0 Å². The maximum atomic E-state index is 10.5. The Labute approximate surface area is 68.6 Å². The first-order valence-electron chi connectivity index (χ1n) is 3.67. The zero-order chi connectivity index (χ0) is 7.14. The van der Waals surface area contributed by atoms with Crippen LogP contribution >= 0.6 is 15.9 Å². The van der Waals surface area contributed by atoms with Gasteiger partial charge in [-0.3, -0.25) is 4.79 Å². The van der Waals surface area contributed by atoms with Crippen LogP contribution in [0.1, 0.15) is 19.3 Å². The molecule has 0 aliphatic heterocycles. The standard InChI is InChI=1S/C8H9BrO/c9-8-6-2-1-5(3-6)7(8)4-10/h4-6H,1-3H2. The van der Waals surface area contributed by atoms with Crippen LogP contribution in [0.5, 0.6) is 0 Å². The summed E-state index contributed by atoms with van der Waals surface area (Å²) < 4.78 is 1.19. The Kier molecular flexibility index (Phi) is 1.44. The van der Waals surface area contributed by atoms with Crippen molar-refractivity contribution in [1.82, 2.24) is 0 Å². The minimum Gasteiger partial charge on any atom is -0.298 e. The summed E-state index contributed by atoms with van der Waals surface area (Å²) in [5.74, 6) is 1.28. The number of carbonyl (C=O) groups is 1. The van der Waals surface area contributed by atoms with Crippen molar-refractivity contribution in [3.05, 3.63) is 10.1 Å². The zero-order valence-corrected chi connectivity index (χ0v) is 7.23. The Morgan fingerprint density at radius 3 is 2.50 bits per heavy atom. The molecule has 1 nitrogen and oxygen atoms in total. The highest BCUT2D eigenvalue weighted by molar-refractivity contribution is 9.11. The minimum absolute atomic E-state index is 0.594. The Balaban J connectivity index is 2.37. The number of hydrogen-bond acceptors (Lipinski definition) is 1. The predicted octanol–water partition coefficient (Wildman–Crippen LogP) is 2.26. The van der Waals surface area contributed by atoms with Crippen molar-refractivity contribution in [2.24, 2.45) is 11.8 Å². The van der Waals surface area contributed by atoms with E-state index in [9.17, 15) is 4.79 Å². The number of halogens is 1. The fourth-order valence-corrected chi connectivity index (χ4v) is 2.91. The molecule has 0 aromatic heterocycles. The van der Waals surface area contributed by atoms with Gasteiger partial charge in [0.1, 0.15) is 6.29 Å². The summed E-state index contributed by atoms with van der Waals surface area (Å²) in [6.07, 6.45) is 4.75. The fraction of sp³-hybridized carbons (Fsp3) is 0.625. The Hall–Kier alpha value is -0.110. The monoisotopic (exact) mass is 200 g/mol. The van der Waals surface area contributed by atoms with Crippen molar-refractivity contribution in [1.29, 1.82) is 0 Å².